The predicted molar refractivity (Wildman–Crippen MR) is 109 cm³/mol. The second kappa shape index (κ2) is 8.15. The van der Waals surface area contributed by atoms with Gasteiger partial charge in [0.2, 0.25) is 10.9 Å². The van der Waals surface area contributed by atoms with Gasteiger partial charge in [0.05, 0.1) is 11.4 Å². The Labute approximate surface area is 148 Å². The van der Waals surface area contributed by atoms with Crippen LogP contribution in [0.25, 0.3) is 0 Å². The van der Waals surface area contributed by atoms with Gasteiger partial charge in [-0.05, 0) is 29.5 Å². The average molecular weight is 351 g/mol. The summed E-state index contributed by atoms with van der Waals surface area (Å²) in [6.45, 7) is 16.4. The maximum absolute atomic E-state index is 11.1. The Morgan fingerprint density at radius 3 is 1.17 bits per heavy atom. The molecule has 1 heterocycles. The number of hydrogen-bond donors (Lipinski definition) is 0. The minimum Gasteiger partial charge on any atom is -0.285 e. The summed E-state index contributed by atoms with van der Waals surface area (Å²) in [6, 6.07) is 0. The molecule has 4 nitrogen and oxygen atoms in total. The maximum Gasteiger partial charge on any atom is 0.229 e. The summed E-state index contributed by atoms with van der Waals surface area (Å²) >= 11 is 0. The largest absolute Gasteiger partial charge is 0.285 e. The monoisotopic (exact) mass is 350 g/mol. The second-order valence-electron chi connectivity index (χ2n) is 7.40. The van der Waals surface area contributed by atoms with Crippen LogP contribution in [-0.2, 0) is 0 Å². The van der Waals surface area contributed by atoms with E-state index in [9.17, 15) is 9.59 Å². The van der Waals surface area contributed by atoms with Crippen molar-refractivity contribution in [3.63, 3.8) is 0 Å². The summed E-state index contributed by atoms with van der Waals surface area (Å²) < 4.78 is 8.84. The molecule has 0 saturated carbocycles. The zero-order valence-electron chi connectivity index (χ0n) is 16.1. The first-order chi connectivity index (χ1) is 11.0. The summed E-state index contributed by atoms with van der Waals surface area (Å²) in [5.74, 6) is 5.19. The first-order valence-electron chi connectivity index (χ1n) is 8.53. The molecule has 0 aliphatic carbocycles. The van der Waals surface area contributed by atoms with E-state index < -0.39 is 0 Å². The standard InChI is InChI=1S/C10H14O2.C9H16N2S/c1-5(2)7-8(6(3)4)10(12)9(7)11;1-6(2)8-9(7(3)4)11-12(5)10-8/h5-6H,1-4H3;6-7H,5H2,1-4H3. The van der Waals surface area contributed by atoms with Gasteiger partial charge >= 0.3 is 0 Å². The molecule has 0 aromatic heterocycles. The van der Waals surface area contributed by atoms with E-state index in [1.54, 1.807) is 0 Å². The minimum absolute atomic E-state index is 0.188. The molecule has 0 atom stereocenters. The van der Waals surface area contributed by atoms with Crippen molar-refractivity contribution in [1.82, 2.24) is 0 Å². The molecule has 0 unspecified atom stereocenters. The summed E-state index contributed by atoms with van der Waals surface area (Å²) in [5, 5.41) is 0. The Bertz CT molecular complexity index is 684. The SMILES string of the molecule is C=S1N=C(C(C)C)C(C(C)C)=N1.CC(C)c1c(C(C)C)c(=O)c1=O. The number of rotatable bonds is 4. The Morgan fingerprint density at radius 2 is 0.958 bits per heavy atom. The lowest BCUT2D eigenvalue weighted by molar-refractivity contribution is 0.752. The van der Waals surface area contributed by atoms with Gasteiger partial charge in [0.15, 0.2) is 0 Å². The topological polar surface area (TPSA) is 58.9 Å². The van der Waals surface area contributed by atoms with Gasteiger partial charge in [-0.1, -0.05) is 55.4 Å². The van der Waals surface area contributed by atoms with E-state index in [4.69, 9.17) is 0 Å². The van der Waals surface area contributed by atoms with Crippen LogP contribution in [0.1, 0.15) is 78.4 Å². The van der Waals surface area contributed by atoms with Crippen LogP contribution in [-0.4, -0.2) is 17.3 Å². The lowest BCUT2D eigenvalue weighted by atomic mass is 9.85. The smallest absolute Gasteiger partial charge is 0.229 e. The molecule has 1 aliphatic heterocycles. The molecule has 2 rings (SSSR count). The van der Waals surface area contributed by atoms with E-state index in [0.717, 1.165) is 22.6 Å². The van der Waals surface area contributed by atoms with Gasteiger partial charge in [-0.2, -0.15) is 0 Å². The molecule has 0 amide bonds. The van der Waals surface area contributed by atoms with Gasteiger partial charge < -0.3 is 0 Å². The van der Waals surface area contributed by atoms with E-state index in [2.05, 4.69) is 42.4 Å². The van der Waals surface area contributed by atoms with Crippen LogP contribution >= 0.6 is 10.9 Å². The normalized spacial score (nSPS) is 15.3. The van der Waals surface area contributed by atoms with Crippen LogP contribution in [0.5, 0.6) is 0 Å². The zero-order valence-corrected chi connectivity index (χ0v) is 17.0. The molecule has 0 fully saturated rings. The van der Waals surface area contributed by atoms with Crippen molar-refractivity contribution in [1.29, 1.82) is 0 Å². The molecule has 1 aromatic carbocycles. The Balaban J connectivity index is 0.000000240. The summed E-state index contributed by atoms with van der Waals surface area (Å²) in [4.78, 5) is 22.2. The predicted octanol–water partition coefficient (Wildman–Crippen LogP) is 4.25. The molecular weight excluding hydrogens is 320 g/mol. The molecule has 0 saturated heterocycles. The minimum atomic E-state index is -0.348. The lowest BCUT2D eigenvalue weighted by Crippen LogP contribution is -2.41. The first-order valence-corrected chi connectivity index (χ1v) is 9.84. The third-order valence-electron chi connectivity index (χ3n) is 3.90. The maximum atomic E-state index is 11.1. The highest BCUT2D eigenvalue weighted by Gasteiger charge is 2.24. The number of hydrogen-bond acceptors (Lipinski definition) is 4. The van der Waals surface area contributed by atoms with Gasteiger partial charge in [-0.25, -0.2) is 8.80 Å². The highest BCUT2D eigenvalue weighted by atomic mass is 32.2. The van der Waals surface area contributed by atoms with Gasteiger partial charge in [0.1, 0.15) is 0 Å². The van der Waals surface area contributed by atoms with Gasteiger partial charge in [-0.15, -0.1) is 0 Å². The fraction of sp³-hybridized carbons (Fsp3) is 0.632. The van der Waals surface area contributed by atoms with Crippen molar-refractivity contribution >= 4 is 28.1 Å². The fourth-order valence-electron chi connectivity index (χ4n) is 2.72. The Hall–Kier alpha value is -1.36. The van der Waals surface area contributed by atoms with E-state index in [1.165, 1.54) is 0 Å². The lowest BCUT2D eigenvalue weighted by Gasteiger charge is -2.16. The molecule has 0 N–H and O–H groups in total. The molecule has 0 bridgehead atoms. The van der Waals surface area contributed by atoms with Crippen LogP contribution in [0.3, 0.4) is 0 Å². The van der Waals surface area contributed by atoms with Crippen LogP contribution in [0.2, 0.25) is 0 Å². The number of nitrogens with zero attached hydrogens (tertiary/aromatic N) is 2. The zero-order chi connectivity index (χ0) is 18.8. The molecule has 5 heteroatoms. The first kappa shape index (κ1) is 20.7. The van der Waals surface area contributed by atoms with Crippen molar-refractivity contribution in [2.75, 3.05) is 0 Å². The van der Waals surface area contributed by atoms with Crippen LogP contribution in [0, 0.1) is 11.8 Å². The summed E-state index contributed by atoms with van der Waals surface area (Å²) in [6.07, 6.45) is 0. The van der Waals surface area contributed by atoms with E-state index in [1.807, 2.05) is 27.7 Å². The van der Waals surface area contributed by atoms with Gasteiger partial charge in [-0.3, -0.25) is 9.59 Å². The average Bonchev–Trinajstić information content (AvgIpc) is 2.85. The highest BCUT2D eigenvalue weighted by Crippen LogP contribution is 2.26. The molecular formula is C19H30N2O2S. The summed E-state index contributed by atoms with van der Waals surface area (Å²) in [7, 11) is -0.348. The van der Waals surface area contributed by atoms with Crippen LogP contribution < -0.4 is 10.9 Å². The third kappa shape index (κ3) is 4.38. The van der Waals surface area contributed by atoms with Gasteiger partial charge in [0, 0.05) is 22.0 Å². The van der Waals surface area contributed by atoms with Crippen molar-refractivity contribution in [3.05, 3.63) is 31.6 Å². The van der Waals surface area contributed by atoms with E-state index in [0.29, 0.717) is 11.8 Å². The van der Waals surface area contributed by atoms with Crippen molar-refractivity contribution in [3.8, 4) is 0 Å². The molecule has 24 heavy (non-hydrogen) atoms. The van der Waals surface area contributed by atoms with Crippen LogP contribution in [0.4, 0.5) is 0 Å². The Morgan fingerprint density at radius 1 is 0.667 bits per heavy atom. The van der Waals surface area contributed by atoms with Gasteiger partial charge in [0.25, 0.3) is 0 Å². The fourth-order valence-corrected chi connectivity index (χ4v) is 3.82. The molecule has 1 aliphatic rings. The van der Waals surface area contributed by atoms with E-state index in [-0.39, 0.29) is 33.5 Å². The van der Waals surface area contributed by atoms with Crippen molar-refractivity contribution < 1.29 is 0 Å². The molecule has 0 radical (unpaired) electrons. The Kier molecular flexibility index (Phi) is 7.02. The molecule has 1 aromatic rings. The van der Waals surface area contributed by atoms with Crippen molar-refractivity contribution in [2.45, 2.75) is 67.2 Å². The highest BCUT2D eigenvalue weighted by molar-refractivity contribution is 8.12. The molecule has 134 valence electrons. The van der Waals surface area contributed by atoms with Crippen molar-refractivity contribution in [2.24, 2.45) is 20.6 Å². The van der Waals surface area contributed by atoms with E-state index >= 15 is 0 Å². The quantitative estimate of drug-likeness (QED) is 0.602. The molecule has 0 spiro atoms. The second-order valence-corrected chi connectivity index (χ2v) is 8.44. The summed E-state index contributed by atoms with van der Waals surface area (Å²) in [5.41, 5.74) is 3.26. The van der Waals surface area contributed by atoms with Crippen LogP contribution in [0.15, 0.2) is 18.4 Å². The third-order valence-corrected chi connectivity index (χ3v) is 4.72.